The van der Waals surface area contributed by atoms with E-state index >= 15 is 0 Å². The second kappa shape index (κ2) is 8.11. The summed E-state index contributed by atoms with van der Waals surface area (Å²) in [4.78, 5) is 18.6. The van der Waals surface area contributed by atoms with E-state index < -0.39 is 10.0 Å². The molecule has 3 rings (SSSR count). The SMILES string of the molecule is Cc1nc(/C=C/C(=O)N2CCC(NS(=O)(=O)c3ccccc3)CC2)cs1. The first-order valence-electron chi connectivity index (χ1n) is 8.40. The first kappa shape index (κ1) is 18.8. The molecule has 8 heteroatoms. The Morgan fingerprint density at radius 2 is 1.96 bits per heavy atom. The average Bonchev–Trinajstić information content (AvgIpc) is 3.06. The Balaban J connectivity index is 1.52. The van der Waals surface area contributed by atoms with E-state index in [9.17, 15) is 13.2 Å². The van der Waals surface area contributed by atoms with Crippen molar-refractivity contribution in [3.63, 3.8) is 0 Å². The zero-order chi connectivity index (χ0) is 18.6. The van der Waals surface area contributed by atoms with Crippen molar-refractivity contribution in [2.45, 2.75) is 30.7 Å². The van der Waals surface area contributed by atoms with Crippen LogP contribution in [0.4, 0.5) is 0 Å². The smallest absolute Gasteiger partial charge is 0.246 e. The van der Waals surface area contributed by atoms with Crippen molar-refractivity contribution >= 4 is 33.3 Å². The Labute approximate surface area is 157 Å². The van der Waals surface area contributed by atoms with Gasteiger partial charge in [-0.3, -0.25) is 4.79 Å². The van der Waals surface area contributed by atoms with Gasteiger partial charge in [0, 0.05) is 30.6 Å². The van der Waals surface area contributed by atoms with E-state index in [0.717, 1.165) is 10.7 Å². The summed E-state index contributed by atoms with van der Waals surface area (Å²) in [5.74, 6) is -0.0694. The number of aromatic nitrogens is 1. The first-order valence-corrected chi connectivity index (χ1v) is 10.8. The lowest BCUT2D eigenvalue weighted by atomic mass is 10.1. The molecule has 2 heterocycles. The molecule has 0 aliphatic carbocycles. The quantitative estimate of drug-likeness (QED) is 0.794. The lowest BCUT2D eigenvalue weighted by Crippen LogP contribution is -2.46. The molecule has 1 aliphatic rings. The third-order valence-electron chi connectivity index (χ3n) is 4.22. The summed E-state index contributed by atoms with van der Waals surface area (Å²) >= 11 is 1.54. The zero-order valence-corrected chi connectivity index (χ0v) is 16.1. The van der Waals surface area contributed by atoms with Crippen molar-refractivity contribution in [3.8, 4) is 0 Å². The highest BCUT2D eigenvalue weighted by Crippen LogP contribution is 2.16. The number of piperidine rings is 1. The molecule has 2 aromatic rings. The molecule has 138 valence electrons. The summed E-state index contributed by atoms with van der Waals surface area (Å²) in [6.07, 6.45) is 4.45. The van der Waals surface area contributed by atoms with Gasteiger partial charge in [0.2, 0.25) is 15.9 Å². The topological polar surface area (TPSA) is 79.4 Å². The van der Waals surface area contributed by atoms with Gasteiger partial charge in [-0.25, -0.2) is 18.1 Å². The van der Waals surface area contributed by atoms with Gasteiger partial charge in [-0.15, -0.1) is 11.3 Å². The van der Waals surface area contributed by atoms with Crippen molar-refractivity contribution < 1.29 is 13.2 Å². The summed E-state index contributed by atoms with van der Waals surface area (Å²) in [6, 6.07) is 8.17. The Morgan fingerprint density at radius 1 is 1.27 bits per heavy atom. The average molecular weight is 392 g/mol. The standard InChI is InChI=1S/C18H21N3O3S2/c1-14-19-16(13-25-14)7-8-18(22)21-11-9-15(10-12-21)20-26(23,24)17-5-3-2-4-6-17/h2-8,13,15,20H,9-12H2,1H3/b8-7+. The number of hydrogen-bond acceptors (Lipinski definition) is 5. The maximum Gasteiger partial charge on any atom is 0.246 e. The molecule has 1 aromatic heterocycles. The summed E-state index contributed by atoms with van der Waals surface area (Å²) in [7, 11) is -3.52. The lowest BCUT2D eigenvalue weighted by Gasteiger charge is -2.31. The first-order chi connectivity index (χ1) is 12.4. The molecular weight excluding hydrogens is 370 g/mol. The number of carbonyl (C=O) groups excluding carboxylic acids is 1. The van der Waals surface area contributed by atoms with Crippen LogP contribution < -0.4 is 4.72 Å². The normalized spacial score (nSPS) is 16.3. The highest BCUT2D eigenvalue weighted by atomic mass is 32.2. The van der Waals surface area contributed by atoms with Gasteiger partial charge in [0.25, 0.3) is 0 Å². The molecule has 0 bridgehead atoms. The molecule has 1 saturated heterocycles. The predicted molar refractivity (Wildman–Crippen MR) is 102 cm³/mol. The number of thiazole rings is 1. The van der Waals surface area contributed by atoms with Crippen LogP contribution >= 0.6 is 11.3 Å². The second-order valence-corrected chi connectivity index (χ2v) is 8.93. The van der Waals surface area contributed by atoms with Gasteiger partial charge in [0.1, 0.15) is 0 Å². The fourth-order valence-electron chi connectivity index (χ4n) is 2.82. The third-order valence-corrected chi connectivity index (χ3v) is 6.54. The minimum atomic E-state index is -3.52. The molecule has 1 amide bonds. The molecule has 0 radical (unpaired) electrons. The molecule has 1 fully saturated rings. The van der Waals surface area contributed by atoms with Crippen LogP contribution in [0.25, 0.3) is 6.08 Å². The maximum atomic E-state index is 12.4. The number of nitrogens with one attached hydrogen (secondary N) is 1. The van der Waals surface area contributed by atoms with Gasteiger partial charge in [-0.1, -0.05) is 18.2 Å². The highest BCUT2D eigenvalue weighted by molar-refractivity contribution is 7.89. The van der Waals surface area contributed by atoms with Gasteiger partial charge in [-0.2, -0.15) is 0 Å². The lowest BCUT2D eigenvalue weighted by molar-refractivity contribution is -0.126. The van der Waals surface area contributed by atoms with E-state index in [4.69, 9.17) is 0 Å². The Bertz CT molecular complexity index is 883. The number of hydrogen-bond donors (Lipinski definition) is 1. The molecule has 26 heavy (non-hydrogen) atoms. The van der Waals surface area contributed by atoms with Crippen LogP contribution in [0.2, 0.25) is 0 Å². The van der Waals surface area contributed by atoms with Gasteiger partial charge < -0.3 is 4.90 Å². The number of sulfonamides is 1. The maximum absolute atomic E-state index is 12.4. The molecule has 1 aromatic carbocycles. The van der Waals surface area contributed by atoms with Crippen molar-refractivity contribution in [2.24, 2.45) is 0 Å². The van der Waals surface area contributed by atoms with E-state index in [1.165, 1.54) is 6.08 Å². The number of rotatable bonds is 5. The zero-order valence-electron chi connectivity index (χ0n) is 14.5. The molecule has 6 nitrogen and oxygen atoms in total. The van der Waals surface area contributed by atoms with Crippen LogP contribution in [0.5, 0.6) is 0 Å². The molecule has 1 N–H and O–H groups in total. The van der Waals surface area contributed by atoms with E-state index in [2.05, 4.69) is 9.71 Å². The predicted octanol–water partition coefficient (Wildman–Crippen LogP) is 2.43. The summed E-state index contributed by atoms with van der Waals surface area (Å²) < 4.78 is 27.5. The molecule has 0 atom stereocenters. The van der Waals surface area contributed by atoms with Crippen LogP contribution in [0.1, 0.15) is 23.5 Å². The summed E-state index contributed by atoms with van der Waals surface area (Å²) in [6.45, 7) is 2.98. The largest absolute Gasteiger partial charge is 0.339 e. The Morgan fingerprint density at radius 3 is 2.58 bits per heavy atom. The number of carbonyl (C=O) groups is 1. The van der Waals surface area contributed by atoms with Crippen molar-refractivity contribution in [1.82, 2.24) is 14.6 Å². The number of benzene rings is 1. The van der Waals surface area contributed by atoms with Gasteiger partial charge in [0.05, 0.1) is 15.6 Å². The van der Waals surface area contributed by atoms with E-state index in [-0.39, 0.29) is 16.8 Å². The molecule has 1 aliphatic heterocycles. The Kier molecular flexibility index (Phi) is 5.85. The highest BCUT2D eigenvalue weighted by Gasteiger charge is 2.25. The van der Waals surface area contributed by atoms with Crippen LogP contribution in [0.3, 0.4) is 0 Å². The fourth-order valence-corrected chi connectivity index (χ4v) is 4.73. The van der Waals surface area contributed by atoms with Gasteiger partial charge >= 0.3 is 0 Å². The molecule has 0 unspecified atom stereocenters. The van der Waals surface area contributed by atoms with Gasteiger partial charge in [-0.05, 0) is 38.0 Å². The second-order valence-electron chi connectivity index (χ2n) is 6.16. The van der Waals surface area contributed by atoms with Gasteiger partial charge in [0.15, 0.2) is 0 Å². The molecular formula is C18H21N3O3S2. The molecule has 0 spiro atoms. The Hall–Kier alpha value is -2.03. The van der Waals surface area contributed by atoms with Crippen molar-refractivity contribution in [1.29, 1.82) is 0 Å². The number of amides is 1. The fraction of sp³-hybridized carbons (Fsp3) is 0.333. The minimum Gasteiger partial charge on any atom is -0.339 e. The number of aryl methyl sites for hydroxylation is 1. The van der Waals surface area contributed by atoms with Crippen molar-refractivity contribution in [3.05, 3.63) is 52.5 Å². The minimum absolute atomic E-state index is 0.0694. The third kappa shape index (κ3) is 4.78. The number of likely N-dealkylation sites (tertiary alicyclic amines) is 1. The van der Waals surface area contributed by atoms with Crippen LogP contribution in [-0.4, -0.2) is 43.3 Å². The van der Waals surface area contributed by atoms with E-state index in [1.807, 2.05) is 12.3 Å². The number of nitrogens with zero attached hydrogens (tertiary/aromatic N) is 2. The van der Waals surface area contributed by atoms with Crippen molar-refractivity contribution in [2.75, 3.05) is 13.1 Å². The monoisotopic (exact) mass is 391 g/mol. The van der Waals surface area contributed by atoms with E-state index in [1.54, 1.807) is 52.6 Å². The van der Waals surface area contributed by atoms with Crippen LogP contribution in [-0.2, 0) is 14.8 Å². The summed E-state index contributed by atoms with van der Waals surface area (Å²) in [5.41, 5.74) is 0.784. The molecule has 0 saturated carbocycles. The van der Waals surface area contributed by atoms with E-state index in [0.29, 0.717) is 25.9 Å². The van der Waals surface area contributed by atoms with Crippen LogP contribution in [0.15, 0.2) is 46.7 Å². The van der Waals surface area contributed by atoms with Crippen LogP contribution in [0, 0.1) is 6.92 Å². The summed E-state index contributed by atoms with van der Waals surface area (Å²) in [5, 5.41) is 2.87.